The highest BCUT2D eigenvalue weighted by Crippen LogP contribution is 2.32. The fraction of sp³-hybridized carbons (Fsp3) is 0.231. The van der Waals surface area contributed by atoms with Crippen molar-refractivity contribution in [2.45, 2.75) is 13.0 Å². The average Bonchev–Trinajstić information content (AvgIpc) is 2.75. The van der Waals surface area contributed by atoms with Crippen LogP contribution in [0.5, 0.6) is 5.75 Å². The number of methoxy groups -OCH3 is 1. The maximum absolute atomic E-state index is 6.24. The van der Waals surface area contributed by atoms with E-state index in [4.69, 9.17) is 22.1 Å². The van der Waals surface area contributed by atoms with E-state index >= 15 is 0 Å². The highest BCUT2D eigenvalue weighted by Gasteiger charge is 2.15. The molecule has 1 heterocycles. The smallest absolute Gasteiger partial charge is 0.125 e. The topological polar surface area (TPSA) is 35.2 Å². The monoisotopic (exact) mass is 267 g/mol. The van der Waals surface area contributed by atoms with Gasteiger partial charge in [-0.1, -0.05) is 17.7 Å². The van der Waals surface area contributed by atoms with Gasteiger partial charge in [0, 0.05) is 15.5 Å². The zero-order chi connectivity index (χ0) is 12.4. The van der Waals surface area contributed by atoms with Crippen LogP contribution in [-0.4, -0.2) is 7.11 Å². The Morgan fingerprint density at radius 3 is 2.71 bits per heavy atom. The lowest BCUT2D eigenvalue weighted by molar-refractivity contribution is 0.408. The Bertz CT molecular complexity index is 524. The number of ether oxygens (including phenoxy) is 1. The molecule has 17 heavy (non-hydrogen) atoms. The Morgan fingerprint density at radius 1 is 1.35 bits per heavy atom. The number of halogens is 1. The number of hydrogen-bond donors (Lipinski definition) is 1. The minimum Gasteiger partial charge on any atom is -0.496 e. The van der Waals surface area contributed by atoms with Crippen LogP contribution >= 0.6 is 22.9 Å². The molecule has 2 N–H and O–H groups in total. The summed E-state index contributed by atoms with van der Waals surface area (Å²) in [5.41, 5.74) is 8.30. The van der Waals surface area contributed by atoms with E-state index in [0.29, 0.717) is 5.02 Å². The first-order chi connectivity index (χ1) is 8.11. The van der Waals surface area contributed by atoms with Crippen LogP contribution in [0.2, 0.25) is 5.02 Å². The summed E-state index contributed by atoms with van der Waals surface area (Å²) in [6, 6.07) is 7.46. The molecule has 1 aromatic heterocycles. The maximum atomic E-state index is 6.24. The lowest BCUT2D eigenvalue weighted by atomic mass is 10.0. The van der Waals surface area contributed by atoms with Gasteiger partial charge in [0.2, 0.25) is 0 Å². The molecule has 2 rings (SSSR count). The van der Waals surface area contributed by atoms with E-state index < -0.39 is 0 Å². The minimum absolute atomic E-state index is 0.174. The van der Waals surface area contributed by atoms with Crippen LogP contribution in [0.3, 0.4) is 0 Å². The first-order valence-corrected chi connectivity index (χ1v) is 6.51. The molecule has 0 saturated heterocycles. The van der Waals surface area contributed by atoms with Crippen molar-refractivity contribution >= 4 is 22.9 Å². The number of nitrogens with two attached hydrogens (primary N) is 1. The van der Waals surface area contributed by atoms with Gasteiger partial charge in [-0.15, -0.1) is 11.3 Å². The Hall–Kier alpha value is -1.03. The molecule has 1 atom stereocenters. The fourth-order valence-electron chi connectivity index (χ4n) is 1.75. The van der Waals surface area contributed by atoms with Gasteiger partial charge in [-0.2, -0.15) is 0 Å². The van der Waals surface area contributed by atoms with Gasteiger partial charge in [-0.05, 0) is 36.1 Å². The highest BCUT2D eigenvalue weighted by molar-refractivity contribution is 7.10. The Labute approximate surface area is 110 Å². The van der Waals surface area contributed by atoms with Gasteiger partial charge in [-0.25, -0.2) is 0 Å². The van der Waals surface area contributed by atoms with Crippen molar-refractivity contribution in [1.29, 1.82) is 0 Å². The zero-order valence-electron chi connectivity index (χ0n) is 9.74. The zero-order valence-corrected chi connectivity index (χ0v) is 11.3. The summed E-state index contributed by atoms with van der Waals surface area (Å²) in [6.45, 7) is 2.07. The van der Waals surface area contributed by atoms with Gasteiger partial charge in [0.1, 0.15) is 5.75 Å². The van der Waals surface area contributed by atoms with Crippen LogP contribution in [-0.2, 0) is 0 Å². The molecular weight excluding hydrogens is 254 g/mol. The third kappa shape index (κ3) is 2.63. The Balaban J connectivity index is 2.39. The molecule has 0 bridgehead atoms. The quantitative estimate of drug-likeness (QED) is 0.919. The van der Waals surface area contributed by atoms with Gasteiger partial charge in [-0.3, -0.25) is 0 Å². The van der Waals surface area contributed by atoms with E-state index in [1.165, 1.54) is 4.88 Å². The predicted octanol–water partition coefficient (Wildman–Crippen LogP) is 3.77. The molecule has 0 aliphatic heterocycles. The van der Waals surface area contributed by atoms with Crippen molar-refractivity contribution in [3.05, 3.63) is 50.7 Å². The van der Waals surface area contributed by atoms with Gasteiger partial charge in [0.15, 0.2) is 0 Å². The van der Waals surface area contributed by atoms with E-state index in [1.54, 1.807) is 24.5 Å². The van der Waals surface area contributed by atoms with E-state index in [0.717, 1.165) is 16.9 Å². The van der Waals surface area contributed by atoms with E-state index in [-0.39, 0.29) is 6.04 Å². The molecule has 0 amide bonds. The van der Waals surface area contributed by atoms with Gasteiger partial charge < -0.3 is 10.5 Å². The van der Waals surface area contributed by atoms with Crippen LogP contribution in [0.15, 0.2) is 29.6 Å². The number of benzene rings is 1. The van der Waals surface area contributed by atoms with E-state index in [2.05, 4.69) is 18.4 Å². The van der Waals surface area contributed by atoms with Crippen LogP contribution < -0.4 is 10.5 Å². The molecule has 0 radical (unpaired) electrons. The summed E-state index contributed by atoms with van der Waals surface area (Å²) >= 11 is 7.63. The second-order valence-corrected chi connectivity index (χ2v) is 5.41. The minimum atomic E-state index is -0.174. The Morgan fingerprint density at radius 2 is 2.12 bits per heavy atom. The first-order valence-electron chi connectivity index (χ1n) is 5.26. The molecule has 4 heteroatoms. The molecule has 0 saturated carbocycles. The van der Waals surface area contributed by atoms with Crippen molar-refractivity contribution in [3.8, 4) is 5.75 Å². The average molecular weight is 268 g/mol. The van der Waals surface area contributed by atoms with Crippen LogP contribution in [0.1, 0.15) is 22.0 Å². The summed E-state index contributed by atoms with van der Waals surface area (Å²) in [5, 5.41) is 2.73. The summed E-state index contributed by atoms with van der Waals surface area (Å²) in [7, 11) is 1.63. The molecule has 0 aliphatic carbocycles. The first kappa shape index (κ1) is 12.4. The summed E-state index contributed by atoms with van der Waals surface area (Å²) in [6.07, 6.45) is 0. The fourth-order valence-corrected chi connectivity index (χ4v) is 2.65. The van der Waals surface area contributed by atoms with Crippen LogP contribution in [0, 0.1) is 6.92 Å². The lowest BCUT2D eigenvalue weighted by Gasteiger charge is -2.15. The molecule has 0 fully saturated rings. The van der Waals surface area contributed by atoms with Crippen molar-refractivity contribution in [2.24, 2.45) is 5.73 Å². The normalized spacial score (nSPS) is 12.5. The largest absolute Gasteiger partial charge is 0.496 e. The molecule has 90 valence electrons. The highest BCUT2D eigenvalue weighted by atomic mass is 35.5. The summed E-state index contributed by atoms with van der Waals surface area (Å²) < 4.78 is 5.31. The third-order valence-corrected chi connectivity index (χ3v) is 3.76. The molecule has 0 spiro atoms. The third-order valence-electron chi connectivity index (χ3n) is 2.64. The van der Waals surface area contributed by atoms with Gasteiger partial charge in [0.05, 0.1) is 13.2 Å². The second kappa shape index (κ2) is 5.08. The summed E-state index contributed by atoms with van der Waals surface area (Å²) in [5.74, 6) is 0.730. The van der Waals surface area contributed by atoms with Crippen molar-refractivity contribution < 1.29 is 4.74 Å². The van der Waals surface area contributed by atoms with E-state index in [1.807, 2.05) is 12.1 Å². The second-order valence-electron chi connectivity index (χ2n) is 3.85. The van der Waals surface area contributed by atoms with Gasteiger partial charge >= 0.3 is 0 Å². The Kier molecular flexibility index (Phi) is 3.72. The molecular formula is C13H14ClNOS. The van der Waals surface area contributed by atoms with Crippen LogP contribution in [0.4, 0.5) is 0 Å². The number of aryl methyl sites for hydroxylation is 1. The van der Waals surface area contributed by atoms with Crippen molar-refractivity contribution in [3.63, 3.8) is 0 Å². The number of hydrogen-bond acceptors (Lipinski definition) is 3. The molecule has 2 nitrogen and oxygen atoms in total. The molecule has 0 aliphatic rings. The molecule has 1 unspecified atom stereocenters. The van der Waals surface area contributed by atoms with Crippen molar-refractivity contribution in [2.75, 3.05) is 7.11 Å². The lowest BCUT2D eigenvalue weighted by Crippen LogP contribution is -2.12. The molecule has 1 aromatic carbocycles. The maximum Gasteiger partial charge on any atom is 0.125 e. The summed E-state index contributed by atoms with van der Waals surface area (Å²) in [4.78, 5) is 1.25. The number of rotatable bonds is 3. The standard InChI is InChI=1S/C13H14ClNOS/c1-8-5-9(7-17-8)13(15)11-4-3-10(14)6-12(11)16-2/h3-7,13H,15H2,1-2H3. The van der Waals surface area contributed by atoms with Gasteiger partial charge in [0.25, 0.3) is 0 Å². The SMILES string of the molecule is COc1cc(Cl)ccc1C(N)c1csc(C)c1. The molecule has 2 aromatic rings. The van der Waals surface area contributed by atoms with Crippen LogP contribution in [0.25, 0.3) is 0 Å². The van der Waals surface area contributed by atoms with Crippen molar-refractivity contribution in [1.82, 2.24) is 0 Å². The number of thiophene rings is 1. The predicted molar refractivity (Wildman–Crippen MR) is 73.1 cm³/mol. The van der Waals surface area contributed by atoms with E-state index in [9.17, 15) is 0 Å².